The summed E-state index contributed by atoms with van der Waals surface area (Å²) in [6, 6.07) is 5.57. The summed E-state index contributed by atoms with van der Waals surface area (Å²) >= 11 is 6.48. The van der Waals surface area contributed by atoms with Crippen molar-refractivity contribution in [2.24, 2.45) is 0 Å². The quantitative estimate of drug-likeness (QED) is 0.429. The molecule has 26 heavy (non-hydrogen) atoms. The van der Waals surface area contributed by atoms with Crippen molar-refractivity contribution >= 4 is 39.4 Å². The van der Waals surface area contributed by atoms with E-state index in [-0.39, 0.29) is 22.8 Å². The van der Waals surface area contributed by atoms with Crippen LogP contribution in [0.1, 0.15) is 6.92 Å². The summed E-state index contributed by atoms with van der Waals surface area (Å²) in [5, 5.41) is 16.7. The largest absolute Gasteiger partial charge is 0.395 e. The average Bonchev–Trinajstić information content (AvgIpc) is 3.23. The zero-order valence-corrected chi connectivity index (χ0v) is 14.8. The highest BCUT2D eigenvalue weighted by Gasteiger charge is 2.18. The molecular formula is C17H17ClN6O2. The van der Waals surface area contributed by atoms with Crippen molar-refractivity contribution in [2.45, 2.75) is 13.5 Å². The third-order valence-corrected chi connectivity index (χ3v) is 4.52. The zero-order valence-electron chi connectivity index (χ0n) is 14.0. The van der Waals surface area contributed by atoms with Crippen molar-refractivity contribution in [3.8, 4) is 11.4 Å². The second kappa shape index (κ2) is 6.47. The molecule has 4 N–H and O–H groups in total. The molecular weight excluding hydrogens is 356 g/mol. The van der Waals surface area contributed by atoms with Crippen molar-refractivity contribution in [1.82, 2.24) is 24.7 Å². The Morgan fingerprint density at radius 2 is 2.15 bits per heavy atom. The number of benzene rings is 1. The number of anilines is 1. The van der Waals surface area contributed by atoms with E-state index in [9.17, 15) is 4.79 Å². The molecule has 0 saturated carbocycles. The van der Waals surface area contributed by atoms with Gasteiger partial charge in [-0.1, -0.05) is 11.6 Å². The van der Waals surface area contributed by atoms with Crippen LogP contribution in [0, 0.1) is 0 Å². The molecule has 0 unspecified atom stereocenters. The summed E-state index contributed by atoms with van der Waals surface area (Å²) in [6.45, 7) is 3.13. The first-order valence-electron chi connectivity index (χ1n) is 8.24. The van der Waals surface area contributed by atoms with Crippen LogP contribution in [0.15, 0.2) is 29.2 Å². The third-order valence-electron chi connectivity index (χ3n) is 4.15. The van der Waals surface area contributed by atoms with Crippen LogP contribution in [-0.2, 0) is 6.54 Å². The summed E-state index contributed by atoms with van der Waals surface area (Å²) in [6.07, 6.45) is 1.75. The molecule has 0 aliphatic heterocycles. The minimum absolute atomic E-state index is 0.0433. The Balaban J connectivity index is 1.85. The van der Waals surface area contributed by atoms with Gasteiger partial charge in [0.25, 0.3) is 5.56 Å². The normalized spacial score (nSPS) is 11.5. The topological polar surface area (TPSA) is 112 Å². The van der Waals surface area contributed by atoms with Gasteiger partial charge in [0, 0.05) is 25.0 Å². The molecule has 0 aliphatic carbocycles. The van der Waals surface area contributed by atoms with Gasteiger partial charge in [0.2, 0.25) is 0 Å². The molecule has 0 bridgehead atoms. The van der Waals surface area contributed by atoms with E-state index >= 15 is 0 Å². The second-order valence-electron chi connectivity index (χ2n) is 5.86. The van der Waals surface area contributed by atoms with Gasteiger partial charge in [0.1, 0.15) is 16.9 Å². The van der Waals surface area contributed by atoms with Gasteiger partial charge in [-0.05, 0) is 25.1 Å². The molecule has 4 aromatic rings. The van der Waals surface area contributed by atoms with Crippen molar-refractivity contribution in [1.29, 1.82) is 0 Å². The number of rotatable bonds is 5. The molecule has 4 rings (SSSR count). The van der Waals surface area contributed by atoms with Crippen LogP contribution in [0.2, 0.25) is 5.02 Å². The zero-order chi connectivity index (χ0) is 18.3. The van der Waals surface area contributed by atoms with Crippen LogP contribution in [0.25, 0.3) is 33.5 Å². The molecule has 3 heterocycles. The van der Waals surface area contributed by atoms with E-state index in [1.807, 2.05) is 25.1 Å². The molecule has 134 valence electrons. The fourth-order valence-corrected chi connectivity index (χ4v) is 3.20. The minimum atomic E-state index is -0.323. The number of aliphatic hydroxyl groups excluding tert-OH is 1. The molecule has 0 amide bonds. The summed E-state index contributed by atoms with van der Waals surface area (Å²) < 4.78 is 1.72. The Labute approximate surface area is 152 Å². The summed E-state index contributed by atoms with van der Waals surface area (Å²) in [4.78, 5) is 23.0. The first-order chi connectivity index (χ1) is 12.6. The molecule has 3 aromatic heterocycles. The number of nitrogens with one attached hydrogen (secondary N) is 3. The number of aromatic amines is 2. The van der Waals surface area contributed by atoms with Gasteiger partial charge in [-0.15, -0.1) is 0 Å². The third kappa shape index (κ3) is 2.73. The lowest BCUT2D eigenvalue weighted by Gasteiger charge is -2.02. The number of nitrogens with zero attached hydrogens (tertiary/aromatic N) is 3. The Hall–Kier alpha value is -2.84. The standard InChI is InChI=1S/C17H17ClN6O2/c1-2-24-8-12-15(23-24)14(18)13(17(26)22-12)16-20-10-4-3-9(19-5-6-25)7-11(10)21-16/h3-4,7-8,19,25H,2,5-6H2,1H3,(H,20,21)(H,22,26). The Kier molecular flexibility index (Phi) is 4.14. The van der Waals surface area contributed by atoms with Gasteiger partial charge in [0.15, 0.2) is 0 Å². The molecule has 0 atom stereocenters. The average molecular weight is 373 g/mol. The number of hydrogen-bond acceptors (Lipinski definition) is 5. The van der Waals surface area contributed by atoms with Crippen LogP contribution < -0.4 is 10.9 Å². The number of H-pyrrole nitrogens is 2. The number of pyridine rings is 1. The second-order valence-corrected chi connectivity index (χ2v) is 6.24. The molecule has 1 aromatic carbocycles. The number of imidazole rings is 1. The van der Waals surface area contributed by atoms with Crippen molar-refractivity contribution < 1.29 is 5.11 Å². The van der Waals surface area contributed by atoms with Gasteiger partial charge in [-0.25, -0.2) is 4.98 Å². The van der Waals surface area contributed by atoms with Crippen molar-refractivity contribution in [2.75, 3.05) is 18.5 Å². The maximum Gasteiger partial charge on any atom is 0.261 e. The van der Waals surface area contributed by atoms with Crippen LogP contribution >= 0.6 is 11.6 Å². The van der Waals surface area contributed by atoms with Gasteiger partial charge >= 0.3 is 0 Å². The van der Waals surface area contributed by atoms with Crippen LogP contribution in [0.3, 0.4) is 0 Å². The summed E-state index contributed by atoms with van der Waals surface area (Å²) in [7, 11) is 0. The van der Waals surface area contributed by atoms with E-state index in [0.717, 1.165) is 11.2 Å². The van der Waals surface area contributed by atoms with Crippen molar-refractivity contribution in [3.63, 3.8) is 0 Å². The molecule has 0 fully saturated rings. The van der Waals surface area contributed by atoms with Gasteiger partial charge in [0.05, 0.1) is 28.2 Å². The summed E-state index contributed by atoms with van der Waals surface area (Å²) in [5.41, 5.74) is 3.39. The fraction of sp³-hybridized carbons (Fsp3) is 0.235. The number of hydrogen-bond donors (Lipinski definition) is 4. The Morgan fingerprint density at radius 3 is 2.92 bits per heavy atom. The highest BCUT2D eigenvalue weighted by atomic mass is 35.5. The smallest absolute Gasteiger partial charge is 0.261 e. The van der Waals surface area contributed by atoms with E-state index in [4.69, 9.17) is 16.7 Å². The molecule has 9 heteroatoms. The highest BCUT2D eigenvalue weighted by molar-refractivity contribution is 6.37. The maximum absolute atomic E-state index is 12.6. The molecule has 0 saturated heterocycles. The van der Waals surface area contributed by atoms with E-state index in [0.29, 0.717) is 35.5 Å². The van der Waals surface area contributed by atoms with Gasteiger partial charge in [-0.2, -0.15) is 5.10 Å². The van der Waals surface area contributed by atoms with Crippen LogP contribution in [0.4, 0.5) is 5.69 Å². The molecule has 0 spiro atoms. The van der Waals surface area contributed by atoms with Crippen LogP contribution in [-0.4, -0.2) is 43.0 Å². The lowest BCUT2D eigenvalue weighted by Crippen LogP contribution is -2.10. The first kappa shape index (κ1) is 16.6. The number of aromatic nitrogens is 5. The van der Waals surface area contributed by atoms with Crippen LogP contribution in [0.5, 0.6) is 0 Å². The summed E-state index contributed by atoms with van der Waals surface area (Å²) in [5.74, 6) is 0.388. The van der Waals surface area contributed by atoms with Gasteiger partial charge < -0.3 is 20.4 Å². The maximum atomic E-state index is 12.6. The lowest BCUT2D eigenvalue weighted by molar-refractivity contribution is 0.311. The Morgan fingerprint density at radius 1 is 1.31 bits per heavy atom. The molecule has 8 nitrogen and oxygen atoms in total. The monoisotopic (exact) mass is 372 g/mol. The number of aryl methyl sites for hydroxylation is 1. The lowest BCUT2D eigenvalue weighted by atomic mass is 10.2. The van der Waals surface area contributed by atoms with E-state index in [1.165, 1.54) is 0 Å². The first-order valence-corrected chi connectivity index (χ1v) is 8.62. The van der Waals surface area contributed by atoms with E-state index in [2.05, 4.69) is 25.4 Å². The number of fused-ring (bicyclic) bond motifs is 2. The predicted molar refractivity (Wildman–Crippen MR) is 102 cm³/mol. The minimum Gasteiger partial charge on any atom is -0.395 e. The molecule has 0 aliphatic rings. The molecule has 0 radical (unpaired) electrons. The number of aliphatic hydroxyl groups is 1. The predicted octanol–water partition coefficient (Wildman–Crippen LogP) is 2.35. The number of halogens is 1. The fourth-order valence-electron chi connectivity index (χ4n) is 2.89. The van der Waals surface area contributed by atoms with Crippen molar-refractivity contribution in [3.05, 3.63) is 39.8 Å². The Bertz CT molecular complexity index is 1160. The van der Waals surface area contributed by atoms with Gasteiger partial charge in [-0.3, -0.25) is 9.48 Å². The highest BCUT2D eigenvalue weighted by Crippen LogP contribution is 2.29. The van der Waals surface area contributed by atoms with E-state index < -0.39 is 0 Å². The van der Waals surface area contributed by atoms with E-state index in [1.54, 1.807) is 10.9 Å². The SMILES string of the molecule is CCn1cc2[nH]c(=O)c(-c3nc4ccc(NCCO)cc4[nH]3)c(Cl)c2n1.